The minimum Gasteiger partial charge on any atom is -0.479 e. The van der Waals surface area contributed by atoms with Crippen molar-refractivity contribution in [3.63, 3.8) is 0 Å². The van der Waals surface area contributed by atoms with Crippen molar-refractivity contribution in [2.24, 2.45) is 0 Å². The number of hydrogen-bond acceptors (Lipinski definition) is 4. The van der Waals surface area contributed by atoms with Gasteiger partial charge in [0.2, 0.25) is 0 Å². The maximum absolute atomic E-state index is 11.5. The fraction of sp³-hybridized carbons (Fsp3) is 0.895. The molecule has 0 bridgehead atoms. The van der Waals surface area contributed by atoms with Crippen molar-refractivity contribution in [2.75, 3.05) is 6.54 Å². The maximum atomic E-state index is 11.5. The van der Waals surface area contributed by atoms with Crippen LogP contribution in [0.2, 0.25) is 18.1 Å². The van der Waals surface area contributed by atoms with Gasteiger partial charge in [-0.05, 0) is 51.7 Å². The molecule has 0 aromatic carbocycles. The Morgan fingerprint density at radius 2 is 1.54 bits per heavy atom. The molecule has 1 amide bonds. The second-order valence-electron chi connectivity index (χ2n) is 9.34. The lowest BCUT2D eigenvalue weighted by Crippen LogP contribution is -2.46. The molecule has 0 saturated carbocycles. The van der Waals surface area contributed by atoms with E-state index in [-0.39, 0.29) is 5.04 Å². The van der Waals surface area contributed by atoms with E-state index in [1.54, 1.807) is 0 Å². The molecule has 154 valence electrons. The first-order valence-electron chi connectivity index (χ1n) is 9.53. The molecule has 0 aromatic heterocycles. The lowest BCUT2D eigenvalue weighted by atomic mass is 10.1. The molecule has 7 heteroatoms. The van der Waals surface area contributed by atoms with E-state index in [2.05, 4.69) is 39.2 Å². The zero-order valence-corrected chi connectivity index (χ0v) is 18.9. The molecule has 0 rings (SSSR count). The highest BCUT2D eigenvalue weighted by atomic mass is 28.4. The number of alkyl carbamates (subject to hydrolysis) is 1. The lowest BCUT2D eigenvalue weighted by molar-refractivity contribution is -0.146. The Morgan fingerprint density at radius 3 is 2.00 bits per heavy atom. The molecule has 0 fully saturated rings. The van der Waals surface area contributed by atoms with Gasteiger partial charge in [-0.15, -0.1) is 0 Å². The molecule has 0 spiro atoms. The number of amides is 1. The number of nitrogens with one attached hydrogen (secondary N) is 1. The summed E-state index contributed by atoms with van der Waals surface area (Å²) in [5.41, 5.74) is -0.486. The molecule has 26 heavy (non-hydrogen) atoms. The van der Waals surface area contributed by atoms with Gasteiger partial charge in [0.05, 0.1) is 0 Å². The van der Waals surface area contributed by atoms with E-state index in [9.17, 15) is 14.7 Å². The summed E-state index contributed by atoms with van der Waals surface area (Å²) >= 11 is 0. The maximum Gasteiger partial charge on any atom is 0.407 e. The molecule has 0 aromatic rings. The van der Waals surface area contributed by atoms with Gasteiger partial charge in [0.1, 0.15) is 11.7 Å². The highest BCUT2D eigenvalue weighted by Crippen LogP contribution is 2.37. The molecule has 0 aliphatic heterocycles. The van der Waals surface area contributed by atoms with Crippen molar-refractivity contribution < 1.29 is 23.9 Å². The Kier molecular flexibility index (Phi) is 9.87. The van der Waals surface area contributed by atoms with E-state index >= 15 is 0 Å². The summed E-state index contributed by atoms with van der Waals surface area (Å²) in [6, 6.07) is 0. The van der Waals surface area contributed by atoms with Crippen molar-refractivity contribution in [1.82, 2.24) is 5.32 Å². The van der Waals surface area contributed by atoms with E-state index in [0.717, 1.165) is 25.7 Å². The second kappa shape index (κ2) is 10.3. The van der Waals surface area contributed by atoms with Gasteiger partial charge in [0.25, 0.3) is 0 Å². The Bertz CT molecular complexity index is 452. The summed E-state index contributed by atoms with van der Waals surface area (Å²) in [5, 5.41) is 12.2. The van der Waals surface area contributed by atoms with Crippen molar-refractivity contribution in [1.29, 1.82) is 0 Å². The first kappa shape index (κ1) is 24.9. The van der Waals surface area contributed by atoms with E-state index in [0.29, 0.717) is 13.0 Å². The largest absolute Gasteiger partial charge is 0.479 e. The van der Waals surface area contributed by atoms with Crippen molar-refractivity contribution in [3.05, 3.63) is 0 Å². The third kappa shape index (κ3) is 10.8. The normalized spacial score (nSPS) is 14.0. The van der Waals surface area contributed by atoms with Gasteiger partial charge >= 0.3 is 12.1 Å². The summed E-state index contributed by atoms with van der Waals surface area (Å²) in [4.78, 5) is 23.0. The molecule has 6 nitrogen and oxygen atoms in total. The van der Waals surface area contributed by atoms with Gasteiger partial charge in [0.15, 0.2) is 8.32 Å². The minimum atomic E-state index is -2.09. The van der Waals surface area contributed by atoms with Gasteiger partial charge in [-0.2, -0.15) is 0 Å². The zero-order valence-electron chi connectivity index (χ0n) is 17.9. The molecule has 0 unspecified atom stereocenters. The highest BCUT2D eigenvalue weighted by molar-refractivity contribution is 6.74. The molecule has 0 saturated heterocycles. The van der Waals surface area contributed by atoms with Gasteiger partial charge in [-0.25, -0.2) is 9.59 Å². The summed E-state index contributed by atoms with van der Waals surface area (Å²) in [5.74, 6) is -0.874. The van der Waals surface area contributed by atoms with Gasteiger partial charge in [-0.1, -0.05) is 40.0 Å². The van der Waals surface area contributed by atoms with Gasteiger partial charge < -0.3 is 19.6 Å². The van der Waals surface area contributed by atoms with Crippen LogP contribution in [0.3, 0.4) is 0 Å². The van der Waals surface area contributed by atoms with Gasteiger partial charge in [-0.3, -0.25) is 0 Å². The van der Waals surface area contributed by atoms with Crippen LogP contribution in [0.4, 0.5) is 4.79 Å². The van der Waals surface area contributed by atoms with Crippen LogP contribution in [-0.2, 0) is 14.0 Å². The number of rotatable bonds is 10. The van der Waals surface area contributed by atoms with Crippen LogP contribution in [0.15, 0.2) is 0 Å². The number of aliphatic carboxylic acids is 1. The number of ether oxygens (including phenoxy) is 1. The van der Waals surface area contributed by atoms with Crippen molar-refractivity contribution in [2.45, 2.75) is 103 Å². The number of carbonyl (C=O) groups excluding carboxylic acids is 1. The van der Waals surface area contributed by atoms with Crippen molar-refractivity contribution >= 4 is 20.4 Å². The molecule has 0 heterocycles. The van der Waals surface area contributed by atoms with Crippen LogP contribution in [0.1, 0.15) is 73.6 Å². The summed E-state index contributed by atoms with van der Waals surface area (Å²) in [6.07, 6.45) is 2.91. The van der Waals surface area contributed by atoms with Gasteiger partial charge in [0, 0.05) is 6.54 Å². The SMILES string of the molecule is CC(C)(C)OC(=O)NCCCCCC[C@H](O[Si](C)(C)C(C)(C)C)C(=O)O. The number of carboxylic acids is 1. The fourth-order valence-corrected chi connectivity index (χ4v) is 3.36. The Morgan fingerprint density at radius 1 is 1.00 bits per heavy atom. The predicted molar refractivity (Wildman–Crippen MR) is 107 cm³/mol. The minimum absolute atomic E-state index is 0.00592. The van der Waals surface area contributed by atoms with Crippen LogP contribution in [0.25, 0.3) is 0 Å². The van der Waals surface area contributed by atoms with Crippen LogP contribution in [0, 0.1) is 0 Å². The molecule has 1 atom stereocenters. The average Bonchev–Trinajstić information content (AvgIpc) is 2.41. The van der Waals surface area contributed by atoms with E-state index in [1.165, 1.54) is 0 Å². The molecule has 0 radical (unpaired) electrons. The standard InChI is InChI=1S/C19H39NO5Si/c1-18(2,3)24-17(23)20-14-12-10-9-11-13-15(16(21)22)25-26(7,8)19(4,5)6/h15H,9-14H2,1-8H3,(H,20,23)(H,21,22)/t15-/m0/s1. The smallest absolute Gasteiger partial charge is 0.407 e. The van der Waals surface area contributed by atoms with E-state index in [1.807, 2.05) is 20.8 Å². The number of carboxylic acid groups (broad SMARTS) is 1. The Balaban J connectivity index is 4.06. The first-order chi connectivity index (χ1) is 11.7. The third-order valence-corrected chi connectivity index (χ3v) is 9.07. The van der Waals surface area contributed by atoms with Crippen LogP contribution in [0.5, 0.6) is 0 Å². The topological polar surface area (TPSA) is 84.9 Å². The lowest BCUT2D eigenvalue weighted by Gasteiger charge is -2.38. The first-order valence-corrected chi connectivity index (χ1v) is 12.4. The summed E-state index contributed by atoms with van der Waals surface area (Å²) < 4.78 is 11.2. The molecule has 2 N–H and O–H groups in total. The monoisotopic (exact) mass is 389 g/mol. The molecule has 0 aliphatic carbocycles. The average molecular weight is 390 g/mol. The summed E-state index contributed by atoms with van der Waals surface area (Å²) in [7, 11) is -2.09. The number of hydrogen-bond donors (Lipinski definition) is 2. The fourth-order valence-electron chi connectivity index (χ4n) is 2.08. The summed E-state index contributed by atoms with van der Waals surface area (Å²) in [6.45, 7) is 16.5. The molecular weight excluding hydrogens is 350 g/mol. The highest BCUT2D eigenvalue weighted by Gasteiger charge is 2.40. The van der Waals surface area contributed by atoms with E-state index < -0.39 is 32.1 Å². The number of carbonyl (C=O) groups is 2. The molecule has 0 aliphatic rings. The Labute approximate surface area is 160 Å². The van der Waals surface area contributed by atoms with Crippen LogP contribution >= 0.6 is 0 Å². The van der Waals surface area contributed by atoms with Crippen LogP contribution < -0.4 is 5.32 Å². The van der Waals surface area contributed by atoms with Crippen LogP contribution in [-0.4, -0.2) is 43.7 Å². The molecular formula is C19H39NO5Si. The quantitative estimate of drug-likeness (QED) is 0.408. The predicted octanol–water partition coefficient (Wildman–Crippen LogP) is 4.94. The van der Waals surface area contributed by atoms with Crippen molar-refractivity contribution in [3.8, 4) is 0 Å². The third-order valence-electron chi connectivity index (χ3n) is 4.58. The number of unbranched alkanes of at least 4 members (excludes halogenated alkanes) is 3. The zero-order chi connectivity index (χ0) is 20.6. The Hall–Kier alpha value is -1.08. The van der Waals surface area contributed by atoms with E-state index in [4.69, 9.17) is 9.16 Å². The second-order valence-corrected chi connectivity index (χ2v) is 14.1.